The Morgan fingerprint density at radius 3 is 2.45 bits per heavy atom. The third kappa shape index (κ3) is 11.1. The number of nitrogens with zero attached hydrogens (tertiary/aromatic N) is 6. The lowest BCUT2D eigenvalue weighted by atomic mass is 9.93. The summed E-state index contributed by atoms with van der Waals surface area (Å²) in [6.07, 6.45) is 7.65. The summed E-state index contributed by atoms with van der Waals surface area (Å²) in [5.74, 6) is -3.71. The van der Waals surface area contributed by atoms with Crippen LogP contribution in [0.15, 0.2) is 71.3 Å². The van der Waals surface area contributed by atoms with Gasteiger partial charge in [0.1, 0.15) is 28.1 Å². The van der Waals surface area contributed by atoms with Crippen molar-refractivity contribution in [2.45, 2.75) is 68.8 Å². The topological polar surface area (TPSA) is 233 Å². The van der Waals surface area contributed by atoms with Gasteiger partial charge in [-0.15, -0.1) is 11.3 Å². The second-order valence-corrected chi connectivity index (χ2v) is 14.5. The van der Waals surface area contributed by atoms with Crippen molar-refractivity contribution in [2.75, 3.05) is 19.0 Å². The number of carbonyl (C=O) groups excluding carboxylic acids is 3. The van der Waals surface area contributed by atoms with Crippen molar-refractivity contribution >= 4 is 45.0 Å². The molecule has 0 aliphatic heterocycles. The van der Waals surface area contributed by atoms with E-state index in [1.165, 1.54) is 46.8 Å². The molecule has 4 heterocycles. The highest BCUT2D eigenvalue weighted by Gasteiger charge is 2.27. The van der Waals surface area contributed by atoms with Crippen LogP contribution in [-0.2, 0) is 40.6 Å². The molecule has 298 valence electrons. The Labute approximate surface area is 323 Å². The van der Waals surface area contributed by atoms with Gasteiger partial charge in [-0.3, -0.25) is 23.6 Å². The molecule has 1 saturated carbocycles. The summed E-state index contributed by atoms with van der Waals surface area (Å²) in [7, 11) is -2.82. The quantitative estimate of drug-likeness (QED) is 0.0835. The van der Waals surface area contributed by atoms with Crippen LogP contribution in [0.2, 0.25) is 0 Å². The Morgan fingerprint density at radius 1 is 1.05 bits per heavy atom. The molecule has 4 aromatic heterocycles. The van der Waals surface area contributed by atoms with Crippen molar-refractivity contribution in [1.29, 1.82) is 0 Å². The van der Waals surface area contributed by atoms with Gasteiger partial charge < -0.3 is 25.3 Å². The number of pyridine rings is 1. The normalized spacial score (nSPS) is 16.0. The fourth-order valence-corrected chi connectivity index (χ4v) is 6.84. The summed E-state index contributed by atoms with van der Waals surface area (Å²) < 4.78 is 76.4. The molecule has 17 nitrogen and oxygen atoms in total. The van der Waals surface area contributed by atoms with Crippen molar-refractivity contribution in [3.8, 4) is 22.0 Å². The second kappa shape index (κ2) is 18.9. The van der Waals surface area contributed by atoms with E-state index in [1.54, 1.807) is 35.3 Å². The van der Waals surface area contributed by atoms with Crippen LogP contribution < -0.4 is 11.1 Å². The van der Waals surface area contributed by atoms with E-state index >= 15 is 0 Å². The average Bonchev–Trinajstić information content (AvgIpc) is 3.96. The van der Waals surface area contributed by atoms with E-state index in [0.29, 0.717) is 17.2 Å². The number of benzene rings is 1. The molecule has 1 fully saturated rings. The number of rotatable bonds is 13. The predicted molar refractivity (Wildman–Crippen MR) is 197 cm³/mol. The number of methoxy groups -OCH3 is 1. The van der Waals surface area contributed by atoms with Gasteiger partial charge in [0.25, 0.3) is 16.0 Å². The Kier molecular flexibility index (Phi) is 14.1. The predicted octanol–water partition coefficient (Wildman–Crippen LogP) is 4.64. The molecule has 1 aromatic carbocycles. The number of amides is 1. The third-order valence-corrected chi connectivity index (χ3v) is 10.1. The zero-order valence-electron chi connectivity index (χ0n) is 30.1. The van der Waals surface area contributed by atoms with Crippen LogP contribution in [0.1, 0.15) is 55.6 Å². The molecule has 6 rings (SSSR count). The van der Waals surface area contributed by atoms with Gasteiger partial charge in [-0.1, -0.05) is 18.2 Å². The molecule has 21 heteroatoms. The molecule has 1 aliphatic carbocycles. The standard InChI is InChI=1S/C29H32F2N8O6S.C6H6O3S/c1-3-44-18-6-4-17(5-7-18)39-13-21(26(37-39)25-19(30)8-9-23(31)36-25)34-27(41)22-14-46-28(35-22)16-11-33-38(12-16)15-45-29(42)20(32)10-24(40)43-2;7-10(8,9)6-4-2-1-3-5-6/h8-9,11-14,17-18,20H,3-7,10,15,32H2,1-2H3,(H,34,41);1-5H,(H,7,8,9)/t17?,18?,20-;/m0./s1. The van der Waals surface area contributed by atoms with Gasteiger partial charge in [0.2, 0.25) is 5.95 Å². The van der Waals surface area contributed by atoms with Crippen LogP contribution in [-0.4, -0.2) is 86.2 Å². The van der Waals surface area contributed by atoms with Gasteiger partial charge in [0, 0.05) is 29.9 Å². The van der Waals surface area contributed by atoms with Crippen molar-refractivity contribution in [3.63, 3.8) is 0 Å². The molecule has 0 saturated heterocycles. The molecule has 1 atom stereocenters. The number of anilines is 1. The summed E-state index contributed by atoms with van der Waals surface area (Å²) >= 11 is 1.17. The summed E-state index contributed by atoms with van der Waals surface area (Å²) in [5, 5.41) is 13.4. The lowest BCUT2D eigenvalue weighted by molar-refractivity contribution is -0.153. The van der Waals surface area contributed by atoms with Gasteiger partial charge in [-0.05, 0) is 56.9 Å². The summed E-state index contributed by atoms with van der Waals surface area (Å²) in [4.78, 5) is 44.7. The van der Waals surface area contributed by atoms with E-state index in [1.807, 2.05) is 6.92 Å². The van der Waals surface area contributed by atoms with Crippen molar-refractivity contribution in [2.24, 2.45) is 5.73 Å². The first kappa shape index (κ1) is 41.7. The van der Waals surface area contributed by atoms with Crippen LogP contribution in [0.5, 0.6) is 0 Å². The summed E-state index contributed by atoms with van der Waals surface area (Å²) in [5.41, 5.74) is 6.09. The van der Waals surface area contributed by atoms with E-state index < -0.39 is 45.8 Å². The van der Waals surface area contributed by atoms with E-state index in [0.717, 1.165) is 37.8 Å². The zero-order valence-corrected chi connectivity index (χ0v) is 31.7. The lowest BCUT2D eigenvalue weighted by Crippen LogP contribution is -2.35. The Bertz CT molecular complexity index is 2240. The molecule has 0 radical (unpaired) electrons. The molecule has 0 spiro atoms. The van der Waals surface area contributed by atoms with Crippen molar-refractivity contribution < 1.29 is 50.3 Å². The number of halogens is 2. The maximum atomic E-state index is 14.8. The molecule has 56 heavy (non-hydrogen) atoms. The van der Waals surface area contributed by atoms with Crippen LogP contribution >= 0.6 is 11.3 Å². The van der Waals surface area contributed by atoms with Gasteiger partial charge in [-0.25, -0.2) is 19.0 Å². The van der Waals surface area contributed by atoms with E-state index in [-0.39, 0.29) is 53.0 Å². The van der Waals surface area contributed by atoms with E-state index in [2.05, 4.69) is 30.2 Å². The highest BCUT2D eigenvalue weighted by atomic mass is 32.2. The van der Waals surface area contributed by atoms with Crippen LogP contribution in [0.25, 0.3) is 22.0 Å². The molecule has 0 bridgehead atoms. The Hall–Kier alpha value is -5.48. The Balaban J connectivity index is 0.000000522. The number of carbonyl (C=O) groups is 3. The second-order valence-electron chi connectivity index (χ2n) is 12.2. The Morgan fingerprint density at radius 2 is 1.79 bits per heavy atom. The third-order valence-electron chi connectivity index (χ3n) is 8.35. The molecule has 0 unspecified atom stereocenters. The molecular weight excluding hydrogens is 779 g/mol. The van der Waals surface area contributed by atoms with Gasteiger partial charge >= 0.3 is 11.9 Å². The molecular formula is C35H38F2N8O9S2. The molecule has 5 aromatic rings. The van der Waals surface area contributed by atoms with Crippen molar-refractivity contribution in [3.05, 3.63) is 83.9 Å². The highest BCUT2D eigenvalue weighted by molar-refractivity contribution is 7.85. The maximum absolute atomic E-state index is 14.8. The highest BCUT2D eigenvalue weighted by Crippen LogP contribution is 2.35. The minimum absolute atomic E-state index is 0.00476. The van der Waals surface area contributed by atoms with E-state index in [4.69, 9.17) is 19.8 Å². The number of hydrogen-bond acceptors (Lipinski definition) is 14. The number of nitrogens with one attached hydrogen (secondary N) is 1. The van der Waals surface area contributed by atoms with E-state index in [9.17, 15) is 31.6 Å². The number of esters is 2. The van der Waals surface area contributed by atoms with Crippen LogP contribution in [0, 0.1) is 11.8 Å². The average molecular weight is 817 g/mol. The first-order valence-electron chi connectivity index (χ1n) is 17.1. The number of thiazole rings is 1. The first-order valence-corrected chi connectivity index (χ1v) is 19.4. The van der Waals surface area contributed by atoms with Crippen molar-refractivity contribution in [1.82, 2.24) is 29.5 Å². The number of ether oxygens (including phenoxy) is 3. The minimum atomic E-state index is -4.00. The molecule has 4 N–H and O–H groups in total. The monoisotopic (exact) mass is 816 g/mol. The molecule has 1 aliphatic rings. The fourth-order valence-electron chi connectivity index (χ4n) is 5.56. The van der Waals surface area contributed by atoms with Gasteiger partial charge in [-0.2, -0.15) is 23.0 Å². The zero-order chi connectivity index (χ0) is 40.4. The summed E-state index contributed by atoms with van der Waals surface area (Å²) in [6, 6.07) is 8.08. The fraction of sp³-hybridized carbons (Fsp3) is 0.343. The molecule has 1 amide bonds. The number of hydrogen-bond donors (Lipinski definition) is 3. The number of nitrogens with two attached hydrogens (primary N) is 1. The summed E-state index contributed by atoms with van der Waals surface area (Å²) in [6.45, 7) is 2.32. The minimum Gasteiger partial charge on any atom is -0.469 e. The van der Waals surface area contributed by atoms with Gasteiger partial charge in [0.05, 0.1) is 42.5 Å². The lowest BCUT2D eigenvalue weighted by Gasteiger charge is -2.28. The van der Waals surface area contributed by atoms with Crippen LogP contribution in [0.3, 0.4) is 0 Å². The largest absolute Gasteiger partial charge is 0.469 e. The SMILES string of the molecule is CCOC1CCC(n2cc(NC(=O)c3csc(-c4cnn(COC(=O)[C@@H](N)CC(=O)OC)c4)n3)c(-c3nc(F)ccc3F)n2)CC1.O=S(=O)(O)c1ccccc1. The number of aromatic nitrogens is 6. The van der Waals surface area contributed by atoms with Gasteiger partial charge in [0.15, 0.2) is 12.5 Å². The maximum Gasteiger partial charge on any atom is 0.325 e. The van der Waals surface area contributed by atoms with Crippen LogP contribution in [0.4, 0.5) is 14.5 Å². The smallest absolute Gasteiger partial charge is 0.325 e. The first-order chi connectivity index (χ1) is 26.7.